The predicted octanol–water partition coefficient (Wildman–Crippen LogP) is 3.32. The largest absolute Gasteiger partial charge is 0.497 e. The number of ether oxygens (including phenoxy) is 3. The summed E-state index contributed by atoms with van der Waals surface area (Å²) in [6, 6.07) is 9.81. The molecule has 0 radical (unpaired) electrons. The number of methoxy groups -OCH3 is 3. The van der Waals surface area contributed by atoms with E-state index in [1.54, 1.807) is 43.4 Å². The van der Waals surface area contributed by atoms with Gasteiger partial charge in [-0.05, 0) is 45.3 Å². The van der Waals surface area contributed by atoms with Crippen molar-refractivity contribution in [3.63, 3.8) is 0 Å². The van der Waals surface area contributed by atoms with Gasteiger partial charge in [0.05, 0.1) is 38.3 Å². The number of fused-ring (bicyclic) bond motifs is 2. The van der Waals surface area contributed by atoms with E-state index in [0.29, 0.717) is 45.9 Å². The van der Waals surface area contributed by atoms with Gasteiger partial charge in [-0.25, -0.2) is 0 Å². The Kier molecular flexibility index (Phi) is 6.29. The third-order valence-electron chi connectivity index (χ3n) is 5.91. The minimum Gasteiger partial charge on any atom is -0.497 e. The highest BCUT2D eigenvalue weighted by molar-refractivity contribution is 5.99. The molecule has 0 saturated carbocycles. The fourth-order valence-corrected chi connectivity index (χ4v) is 4.36. The molecule has 0 aliphatic carbocycles. The zero-order valence-corrected chi connectivity index (χ0v) is 19.5. The summed E-state index contributed by atoms with van der Waals surface area (Å²) < 4.78 is 22.4. The Balaban J connectivity index is 1.94. The molecule has 2 aromatic carbocycles. The summed E-state index contributed by atoms with van der Waals surface area (Å²) in [7, 11) is 8.60. The Labute approximate surface area is 192 Å². The fraction of sp³-hybridized carbons (Fsp3) is 0.360. The van der Waals surface area contributed by atoms with Crippen LogP contribution in [0.2, 0.25) is 0 Å². The van der Waals surface area contributed by atoms with E-state index in [-0.39, 0.29) is 17.1 Å². The van der Waals surface area contributed by atoms with Crippen molar-refractivity contribution >= 4 is 16.9 Å². The summed E-state index contributed by atoms with van der Waals surface area (Å²) in [4.78, 5) is 30.9. The van der Waals surface area contributed by atoms with Gasteiger partial charge in [-0.1, -0.05) is 12.1 Å². The van der Waals surface area contributed by atoms with Crippen LogP contribution in [0.4, 0.5) is 0 Å². The van der Waals surface area contributed by atoms with Crippen molar-refractivity contribution in [2.24, 2.45) is 0 Å². The van der Waals surface area contributed by atoms with Crippen LogP contribution in [-0.2, 0) is 0 Å². The van der Waals surface area contributed by atoms with Gasteiger partial charge < -0.3 is 28.4 Å². The number of rotatable bonds is 8. The van der Waals surface area contributed by atoms with Crippen molar-refractivity contribution in [3.8, 4) is 17.2 Å². The van der Waals surface area contributed by atoms with E-state index in [1.165, 1.54) is 7.11 Å². The Bertz CT molecular complexity index is 1250. The first-order valence-electron chi connectivity index (χ1n) is 10.7. The summed E-state index contributed by atoms with van der Waals surface area (Å²) in [5, 5.41) is 0.393. The van der Waals surface area contributed by atoms with Crippen LogP contribution in [0.5, 0.6) is 17.2 Å². The molecule has 0 N–H and O–H groups in total. The highest BCUT2D eigenvalue weighted by Crippen LogP contribution is 2.44. The molecule has 0 fully saturated rings. The molecule has 1 amide bonds. The van der Waals surface area contributed by atoms with Gasteiger partial charge in [0.1, 0.15) is 11.3 Å². The number of hydrogen-bond donors (Lipinski definition) is 0. The number of hydrogen-bond acceptors (Lipinski definition) is 7. The van der Waals surface area contributed by atoms with Crippen molar-refractivity contribution in [2.75, 3.05) is 48.5 Å². The average molecular weight is 453 g/mol. The van der Waals surface area contributed by atoms with Crippen molar-refractivity contribution in [3.05, 3.63) is 63.5 Å². The minimum atomic E-state index is -0.650. The molecular weight excluding hydrogens is 424 g/mol. The molecule has 3 aromatic rings. The minimum absolute atomic E-state index is 0.0560. The first kappa shape index (κ1) is 22.7. The van der Waals surface area contributed by atoms with Gasteiger partial charge in [0.15, 0.2) is 16.9 Å². The molecule has 1 aliphatic rings. The lowest BCUT2D eigenvalue weighted by Gasteiger charge is -2.27. The van der Waals surface area contributed by atoms with E-state index < -0.39 is 6.04 Å². The van der Waals surface area contributed by atoms with Crippen LogP contribution in [0, 0.1) is 0 Å². The molecule has 2 heterocycles. The van der Waals surface area contributed by atoms with E-state index in [9.17, 15) is 9.59 Å². The molecular formula is C25H28N2O6. The van der Waals surface area contributed by atoms with Crippen LogP contribution >= 0.6 is 0 Å². The number of amides is 1. The number of benzene rings is 2. The van der Waals surface area contributed by atoms with Gasteiger partial charge >= 0.3 is 0 Å². The molecule has 0 spiro atoms. The van der Waals surface area contributed by atoms with Crippen LogP contribution in [0.15, 0.2) is 45.6 Å². The first-order chi connectivity index (χ1) is 15.9. The van der Waals surface area contributed by atoms with Crippen molar-refractivity contribution in [1.29, 1.82) is 0 Å². The molecule has 1 unspecified atom stereocenters. The molecule has 1 aliphatic heterocycles. The van der Waals surface area contributed by atoms with Crippen LogP contribution in [0.25, 0.3) is 11.0 Å². The lowest BCUT2D eigenvalue weighted by atomic mass is 9.97. The Morgan fingerprint density at radius 2 is 1.82 bits per heavy atom. The standard InChI is InChI=1S/C25H28N2O6/c1-26(2)12-7-13-27-21(17-8-6-9-18(31-4)23(17)32-5)20-22(28)16-11-10-15(30-3)14-19(16)33-24(20)25(27)29/h6,8-11,14,21H,7,12-13H2,1-5H3. The first-order valence-corrected chi connectivity index (χ1v) is 10.7. The maximum Gasteiger partial charge on any atom is 0.290 e. The van der Waals surface area contributed by atoms with Gasteiger partial charge in [-0.15, -0.1) is 0 Å². The summed E-state index contributed by atoms with van der Waals surface area (Å²) >= 11 is 0. The van der Waals surface area contributed by atoms with E-state index in [1.807, 2.05) is 26.2 Å². The Morgan fingerprint density at radius 1 is 1.03 bits per heavy atom. The fourth-order valence-electron chi connectivity index (χ4n) is 4.36. The van der Waals surface area contributed by atoms with E-state index >= 15 is 0 Å². The molecule has 0 bridgehead atoms. The van der Waals surface area contributed by atoms with Gasteiger partial charge in [-0.3, -0.25) is 9.59 Å². The normalized spacial score (nSPS) is 15.3. The van der Waals surface area contributed by atoms with Gasteiger partial charge in [0.25, 0.3) is 5.91 Å². The van der Waals surface area contributed by atoms with Gasteiger partial charge in [0, 0.05) is 18.2 Å². The highest BCUT2D eigenvalue weighted by atomic mass is 16.5. The summed E-state index contributed by atoms with van der Waals surface area (Å²) in [6.07, 6.45) is 0.733. The predicted molar refractivity (Wildman–Crippen MR) is 125 cm³/mol. The van der Waals surface area contributed by atoms with Gasteiger partial charge in [0.2, 0.25) is 5.76 Å². The van der Waals surface area contributed by atoms with E-state index in [0.717, 1.165) is 13.0 Å². The second-order valence-corrected chi connectivity index (χ2v) is 8.18. The maximum atomic E-state index is 13.7. The molecule has 1 aromatic heterocycles. The van der Waals surface area contributed by atoms with Gasteiger partial charge in [-0.2, -0.15) is 0 Å². The zero-order chi connectivity index (χ0) is 23.7. The Morgan fingerprint density at radius 3 is 2.48 bits per heavy atom. The molecule has 1 atom stereocenters. The molecule has 8 heteroatoms. The Hall–Kier alpha value is -3.52. The summed E-state index contributed by atoms with van der Waals surface area (Å²) in [5.41, 5.74) is 1.06. The number of nitrogens with zero attached hydrogens (tertiary/aromatic N) is 2. The second kappa shape index (κ2) is 9.15. The smallest absolute Gasteiger partial charge is 0.290 e. The van der Waals surface area contributed by atoms with Crippen LogP contribution in [0.1, 0.15) is 34.1 Å². The van der Waals surface area contributed by atoms with Crippen molar-refractivity contribution < 1.29 is 23.4 Å². The van der Waals surface area contributed by atoms with Crippen LogP contribution in [-0.4, -0.2) is 64.2 Å². The zero-order valence-electron chi connectivity index (χ0n) is 19.5. The van der Waals surface area contributed by atoms with E-state index in [2.05, 4.69) is 4.90 Å². The molecule has 0 saturated heterocycles. The lowest BCUT2D eigenvalue weighted by Crippen LogP contribution is -2.32. The summed E-state index contributed by atoms with van der Waals surface area (Å²) in [6.45, 7) is 1.24. The third-order valence-corrected chi connectivity index (χ3v) is 5.91. The molecule has 33 heavy (non-hydrogen) atoms. The van der Waals surface area contributed by atoms with Crippen molar-refractivity contribution in [2.45, 2.75) is 12.5 Å². The number of carbonyl (C=O) groups excluding carboxylic acids is 1. The molecule has 174 valence electrons. The van der Waals surface area contributed by atoms with Crippen molar-refractivity contribution in [1.82, 2.24) is 9.80 Å². The van der Waals surface area contributed by atoms with E-state index in [4.69, 9.17) is 18.6 Å². The highest BCUT2D eigenvalue weighted by Gasteiger charge is 2.44. The monoisotopic (exact) mass is 452 g/mol. The summed E-state index contributed by atoms with van der Waals surface area (Å²) in [5.74, 6) is 1.29. The molecule has 8 nitrogen and oxygen atoms in total. The third kappa shape index (κ3) is 3.91. The number of carbonyl (C=O) groups is 1. The SMILES string of the molecule is COc1ccc2c(=O)c3c(oc2c1)C(=O)N(CCCN(C)C)C3c1cccc(OC)c1OC. The second-order valence-electron chi connectivity index (χ2n) is 8.18. The maximum absolute atomic E-state index is 13.7. The quantitative estimate of drug-likeness (QED) is 0.519. The topological polar surface area (TPSA) is 81.5 Å². The van der Waals surface area contributed by atoms with Crippen LogP contribution in [0.3, 0.4) is 0 Å². The average Bonchev–Trinajstić information content (AvgIpc) is 3.09. The lowest BCUT2D eigenvalue weighted by molar-refractivity contribution is 0.0720. The molecule has 4 rings (SSSR count). The number of para-hydroxylation sites is 1. The van der Waals surface area contributed by atoms with Crippen LogP contribution < -0.4 is 19.6 Å².